The van der Waals surface area contributed by atoms with Crippen LogP contribution in [0.15, 0.2) is 48.5 Å². The molecule has 1 saturated carbocycles. The first-order valence-electron chi connectivity index (χ1n) is 9.66. The van der Waals surface area contributed by atoms with E-state index in [0.29, 0.717) is 0 Å². The lowest BCUT2D eigenvalue weighted by Gasteiger charge is -2.17. The van der Waals surface area contributed by atoms with Gasteiger partial charge < -0.3 is 15.2 Å². The first kappa shape index (κ1) is 20.3. The number of hydrogen-bond acceptors (Lipinski definition) is 3. The summed E-state index contributed by atoms with van der Waals surface area (Å²) < 4.78 is 43.3. The number of fused-ring (bicyclic) bond motifs is 3. The lowest BCUT2D eigenvalue weighted by atomic mass is 9.98. The van der Waals surface area contributed by atoms with Crippen LogP contribution in [0.3, 0.4) is 0 Å². The molecule has 3 unspecified atom stereocenters. The normalized spacial score (nSPS) is 20.8. The van der Waals surface area contributed by atoms with Gasteiger partial charge in [-0.2, -0.15) is 13.2 Å². The molecule has 2 aromatic rings. The second-order valence-electron chi connectivity index (χ2n) is 7.74. The topological polar surface area (TPSA) is 75.6 Å². The van der Waals surface area contributed by atoms with Gasteiger partial charge in [0.05, 0.1) is 5.92 Å². The highest BCUT2D eigenvalue weighted by molar-refractivity contribution is 5.81. The van der Waals surface area contributed by atoms with Gasteiger partial charge in [0.2, 0.25) is 0 Å². The molecule has 0 aromatic heterocycles. The Hall–Kier alpha value is -3.03. The second-order valence-corrected chi connectivity index (χ2v) is 7.74. The van der Waals surface area contributed by atoms with Crippen LogP contribution in [-0.2, 0) is 9.53 Å². The molecule has 30 heavy (non-hydrogen) atoms. The fourth-order valence-corrected chi connectivity index (χ4v) is 4.22. The highest BCUT2D eigenvalue weighted by Gasteiger charge is 2.56. The highest BCUT2D eigenvalue weighted by atomic mass is 19.4. The molecule has 1 fully saturated rings. The quantitative estimate of drug-likeness (QED) is 0.720. The number of aliphatic carboxylic acids is 1. The number of ether oxygens (including phenoxy) is 1. The number of carbonyl (C=O) groups is 2. The van der Waals surface area contributed by atoms with Gasteiger partial charge in [-0.25, -0.2) is 9.59 Å². The van der Waals surface area contributed by atoms with E-state index in [9.17, 15) is 27.9 Å². The van der Waals surface area contributed by atoms with Crippen molar-refractivity contribution in [2.24, 2.45) is 11.8 Å². The average molecular weight is 419 g/mol. The summed E-state index contributed by atoms with van der Waals surface area (Å²) in [5.74, 6) is -3.86. The number of benzene rings is 2. The number of amides is 1. The van der Waals surface area contributed by atoms with Crippen LogP contribution in [0.4, 0.5) is 18.0 Å². The zero-order valence-corrected chi connectivity index (χ0v) is 15.9. The van der Waals surface area contributed by atoms with Crippen molar-refractivity contribution in [1.29, 1.82) is 0 Å². The Morgan fingerprint density at radius 3 is 2.13 bits per heavy atom. The Balaban J connectivity index is 1.38. The minimum absolute atomic E-state index is 0.000797. The molecule has 8 heteroatoms. The number of carbonyl (C=O) groups excluding carboxylic acids is 1. The zero-order valence-electron chi connectivity index (χ0n) is 15.9. The van der Waals surface area contributed by atoms with Crippen molar-refractivity contribution >= 4 is 12.1 Å². The third kappa shape index (κ3) is 3.99. The van der Waals surface area contributed by atoms with Crippen molar-refractivity contribution in [2.45, 2.75) is 31.0 Å². The van der Waals surface area contributed by atoms with Crippen molar-refractivity contribution in [3.63, 3.8) is 0 Å². The molecule has 0 aliphatic heterocycles. The van der Waals surface area contributed by atoms with Gasteiger partial charge in [0.1, 0.15) is 12.6 Å². The number of halogens is 3. The molecule has 2 N–H and O–H groups in total. The van der Waals surface area contributed by atoms with E-state index in [1.165, 1.54) is 0 Å². The molecule has 1 amide bonds. The molecule has 5 nitrogen and oxygen atoms in total. The number of carboxylic acids is 1. The zero-order chi connectivity index (χ0) is 21.5. The van der Waals surface area contributed by atoms with E-state index in [4.69, 9.17) is 4.74 Å². The van der Waals surface area contributed by atoms with Crippen LogP contribution in [0, 0.1) is 11.8 Å². The number of nitrogens with one attached hydrogen (secondary N) is 1. The summed E-state index contributed by atoms with van der Waals surface area (Å²) >= 11 is 0. The summed E-state index contributed by atoms with van der Waals surface area (Å²) in [6.45, 7) is 0.000797. The molecule has 4 rings (SSSR count). The third-order valence-corrected chi connectivity index (χ3v) is 5.82. The molecule has 0 heterocycles. The minimum atomic E-state index is -4.34. The molecule has 0 spiro atoms. The van der Waals surface area contributed by atoms with Crippen molar-refractivity contribution in [2.75, 3.05) is 6.61 Å². The SMILES string of the molecule is O=C(NC(CC1CC1C(F)(F)F)C(=O)O)OCC1c2ccccc2-c2ccccc21. The van der Waals surface area contributed by atoms with Crippen LogP contribution >= 0.6 is 0 Å². The summed E-state index contributed by atoms with van der Waals surface area (Å²) in [5.41, 5.74) is 4.12. The predicted octanol–water partition coefficient (Wildman–Crippen LogP) is 4.57. The second kappa shape index (κ2) is 7.66. The van der Waals surface area contributed by atoms with Crippen molar-refractivity contribution in [3.8, 4) is 11.1 Å². The molecular formula is C22H20F3NO4. The standard InChI is InChI=1S/C22H20F3NO4/c23-22(24,25)18-9-12(18)10-19(20(27)28)26-21(29)30-11-17-15-7-3-1-5-13(15)14-6-2-4-8-16(14)17/h1-8,12,17-19H,9-11H2,(H,26,29)(H,27,28). The summed E-state index contributed by atoms with van der Waals surface area (Å²) in [7, 11) is 0. The fraction of sp³-hybridized carbons (Fsp3) is 0.364. The number of rotatable bonds is 6. The Morgan fingerprint density at radius 1 is 1.07 bits per heavy atom. The van der Waals surface area contributed by atoms with Gasteiger partial charge in [-0.1, -0.05) is 48.5 Å². The van der Waals surface area contributed by atoms with Gasteiger partial charge >= 0.3 is 18.2 Å². The Bertz CT molecular complexity index is 929. The van der Waals surface area contributed by atoms with E-state index in [-0.39, 0.29) is 25.4 Å². The summed E-state index contributed by atoms with van der Waals surface area (Å²) in [4.78, 5) is 23.6. The molecule has 2 aromatic carbocycles. The van der Waals surface area contributed by atoms with E-state index in [1.54, 1.807) is 0 Å². The lowest BCUT2D eigenvalue weighted by molar-refractivity contribution is -0.152. The lowest BCUT2D eigenvalue weighted by Crippen LogP contribution is -2.42. The van der Waals surface area contributed by atoms with Crippen molar-refractivity contribution in [1.82, 2.24) is 5.32 Å². The van der Waals surface area contributed by atoms with Gasteiger partial charge in [-0.3, -0.25) is 0 Å². The monoisotopic (exact) mass is 419 g/mol. The van der Waals surface area contributed by atoms with Gasteiger partial charge in [0, 0.05) is 5.92 Å². The minimum Gasteiger partial charge on any atom is -0.480 e. The number of hydrogen-bond donors (Lipinski definition) is 2. The van der Waals surface area contributed by atoms with E-state index in [2.05, 4.69) is 5.32 Å². The predicted molar refractivity (Wildman–Crippen MR) is 102 cm³/mol. The Morgan fingerprint density at radius 2 is 1.63 bits per heavy atom. The first-order chi connectivity index (χ1) is 14.3. The molecule has 3 atom stereocenters. The molecule has 0 saturated heterocycles. The van der Waals surface area contributed by atoms with Crippen molar-refractivity contribution < 1.29 is 32.6 Å². The molecule has 2 aliphatic carbocycles. The van der Waals surface area contributed by atoms with Gasteiger partial charge in [0.25, 0.3) is 0 Å². The average Bonchev–Trinajstić information content (AvgIpc) is 3.41. The van der Waals surface area contributed by atoms with Crippen LogP contribution in [0.5, 0.6) is 0 Å². The number of carboxylic acid groups (broad SMARTS) is 1. The third-order valence-electron chi connectivity index (χ3n) is 5.82. The van der Waals surface area contributed by atoms with Gasteiger partial charge in [-0.05, 0) is 41.0 Å². The van der Waals surface area contributed by atoms with Crippen LogP contribution in [-0.4, -0.2) is 36.0 Å². The summed E-state index contributed by atoms with van der Waals surface area (Å²) in [5, 5.41) is 11.5. The van der Waals surface area contributed by atoms with Crippen LogP contribution in [0.2, 0.25) is 0 Å². The molecule has 0 bridgehead atoms. The largest absolute Gasteiger partial charge is 0.480 e. The molecule has 0 radical (unpaired) electrons. The van der Waals surface area contributed by atoms with Crippen LogP contribution < -0.4 is 5.32 Å². The van der Waals surface area contributed by atoms with Gasteiger partial charge in [-0.15, -0.1) is 0 Å². The van der Waals surface area contributed by atoms with Crippen LogP contribution in [0.25, 0.3) is 11.1 Å². The van der Waals surface area contributed by atoms with E-state index < -0.39 is 36.1 Å². The number of alkyl carbamates (subject to hydrolysis) is 1. The van der Waals surface area contributed by atoms with Crippen LogP contribution in [0.1, 0.15) is 29.9 Å². The van der Waals surface area contributed by atoms with E-state index in [1.807, 2.05) is 48.5 Å². The van der Waals surface area contributed by atoms with Gasteiger partial charge in [0.15, 0.2) is 0 Å². The maximum Gasteiger partial charge on any atom is 0.407 e. The first-order valence-corrected chi connectivity index (χ1v) is 9.66. The Labute approximate surface area is 170 Å². The fourth-order valence-electron chi connectivity index (χ4n) is 4.22. The molecular weight excluding hydrogens is 399 g/mol. The highest BCUT2D eigenvalue weighted by Crippen LogP contribution is 2.52. The smallest absolute Gasteiger partial charge is 0.407 e. The summed E-state index contributed by atoms with van der Waals surface area (Å²) in [6, 6.07) is 14.1. The molecule has 2 aliphatic rings. The molecule has 158 valence electrons. The van der Waals surface area contributed by atoms with Crippen molar-refractivity contribution in [3.05, 3.63) is 59.7 Å². The van der Waals surface area contributed by atoms with E-state index >= 15 is 0 Å². The Kier molecular flexibility index (Phi) is 5.17. The maximum atomic E-state index is 12.7. The maximum absolute atomic E-state index is 12.7. The van der Waals surface area contributed by atoms with E-state index in [0.717, 1.165) is 22.3 Å². The summed E-state index contributed by atoms with van der Waals surface area (Å²) in [6.07, 6.45) is -5.67. The number of alkyl halides is 3.